The fourth-order valence-corrected chi connectivity index (χ4v) is 3.19. The minimum atomic E-state index is -3.07. The lowest BCUT2D eigenvalue weighted by atomic mass is 9.95. The van der Waals surface area contributed by atoms with Crippen LogP contribution in [0.5, 0.6) is 0 Å². The van der Waals surface area contributed by atoms with E-state index >= 15 is 0 Å². The highest BCUT2D eigenvalue weighted by molar-refractivity contribution is 7.88. The van der Waals surface area contributed by atoms with Crippen LogP contribution < -0.4 is 0 Å². The molecule has 0 aromatic carbocycles. The molecular weight excluding hydrogens is 236 g/mol. The summed E-state index contributed by atoms with van der Waals surface area (Å²) in [6.07, 6.45) is 3.20. The Morgan fingerprint density at radius 2 is 2.18 bits per heavy atom. The van der Waals surface area contributed by atoms with E-state index in [0.717, 1.165) is 24.2 Å². The van der Waals surface area contributed by atoms with Crippen molar-refractivity contribution < 1.29 is 8.42 Å². The fourth-order valence-electron chi connectivity index (χ4n) is 2.28. The van der Waals surface area contributed by atoms with Crippen molar-refractivity contribution in [3.63, 3.8) is 0 Å². The molecule has 1 aromatic rings. The molecule has 0 amide bonds. The third-order valence-electron chi connectivity index (χ3n) is 3.18. The van der Waals surface area contributed by atoms with Crippen LogP contribution in [0.25, 0.3) is 0 Å². The van der Waals surface area contributed by atoms with E-state index < -0.39 is 10.0 Å². The Morgan fingerprint density at radius 3 is 2.82 bits per heavy atom. The second-order valence-corrected chi connectivity index (χ2v) is 6.65. The fraction of sp³-hybridized carbons (Fsp3) is 0.583. The molecule has 1 atom stereocenters. The highest BCUT2D eigenvalue weighted by Gasteiger charge is 2.27. The molecule has 1 aliphatic heterocycles. The van der Waals surface area contributed by atoms with Crippen LogP contribution in [0.2, 0.25) is 0 Å². The molecule has 1 fully saturated rings. The summed E-state index contributed by atoms with van der Waals surface area (Å²) in [7, 11) is -3.07. The second-order valence-electron chi connectivity index (χ2n) is 4.66. The van der Waals surface area contributed by atoms with Gasteiger partial charge in [-0.3, -0.25) is 4.98 Å². The first-order valence-corrected chi connectivity index (χ1v) is 7.70. The van der Waals surface area contributed by atoms with Crippen LogP contribution in [0.1, 0.15) is 30.1 Å². The molecule has 2 rings (SSSR count). The summed E-state index contributed by atoms with van der Waals surface area (Å²) >= 11 is 0. The maximum Gasteiger partial charge on any atom is 0.211 e. The van der Waals surface area contributed by atoms with E-state index in [4.69, 9.17) is 0 Å². The molecular formula is C12H18N2O2S. The molecule has 1 aromatic heterocycles. The number of hydrogen-bond donors (Lipinski definition) is 0. The lowest BCUT2D eigenvalue weighted by Gasteiger charge is -2.30. The van der Waals surface area contributed by atoms with E-state index in [1.807, 2.05) is 25.1 Å². The maximum atomic E-state index is 11.5. The molecule has 2 heterocycles. The van der Waals surface area contributed by atoms with Crippen molar-refractivity contribution >= 4 is 10.0 Å². The minimum absolute atomic E-state index is 0.235. The van der Waals surface area contributed by atoms with Crippen molar-refractivity contribution in [2.45, 2.75) is 25.7 Å². The predicted octanol–water partition coefficient (Wildman–Crippen LogP) is 1.53. The molecule has 94 valence electrons. The Labute approximate surface area is 103 Å². The van der Waals surface area contributed by atoms with Gasteiger partial charge in [0.15, 0.2) is 0 Å². The molecule has 4 nitrogen and oxygen atoms in total. The van der Waals surface area contributed by atoms with Gasteiger partial charge in [-0.15, -0.1) is 0 Å². The van der Waals surface area contributed by atoms with Gasteiger partial charge < -0.3 is 0 Å². The smallest absolute Gasteiger partial charge is 0.211 e. The minimum Gasteiger partial charge on any atom is -0.258 e. The number of aromatic nitrogens is 1. The number of pyridine rings is 1. The van der Waals surface area contributed by atoms with Gasteiger partial charge in [0.05, 0.1) is 6.26 Å². The van der Waals surface area contributed by atoms with E-state index in [-0.39, 0.29) is 5.92 Å². The summed E-state index contributed by atoms with van der Waals surface area (Å²) < 4.78 is 24.6. The van der Waals surface area contributed by atoms with Crippen LogP contribution >= 0.6 is 0 Å². The van der Waals surface area contributed by atoms with Crippen molar-refractivity contribution in [1.82, 2.24) is 9.29 Å². The standard InChI is InChI=1S/C12H18N2O2S/c1-10-5-3-7-12(13-10)11-6-4-8-14(9-11)17(2,15)16/h3,5,7,11H,4,6,8-9H2,1-2H3. The predicted molar refractivity (Wildman–Crippen MR) is 67.4 cm³/mol. The number of aryl methyl sites for hydroxylation is 1. The van der Waals surface area contributed by atoms with Crippen molar-refractivity contribution in [2.75, 3.05) is 19.3 Å². The van der Waals surface area contributed by atoms with Crippen LogP contribution in [0.3, 0.4) is 0 Å². The molecule has 17 heavy (non-hydrogen) atoms. The summed E-state index contributed by atoms with van der Waals surface area (Å²) in [5.41, 5.74) is 2.00. The molecule has 1 unspecified atom stereocenters. The van der Waals surface area contributed by atoms with Gasteiger partial charge in [-0.05, 0) is 31.9 Å². The van der Waals surface area contributed by atoms with Gasteiger partial charge in [0.2, 0.25) is 10.0 Å². The first-order chi connectivity index (χ1) is 7.97. The van der Waals surface area contributed by atoms with Crippen LogP contribution in [-0.2, 0) is 10.0 Å². The van der Waals surface area contributed by atoms with Crippen LogP contribution in [0.15, 0.2) is 18.2 Å². The molecule has 1 aliphatic rings. The topological polar surface area (TPSA) is 50.3 Å². The van der Waals surface area contributed by atoms with Gasteiger partial charge >= 0.3 is 0 Å². The van der Waals surface area contributed by atoms with Crippen molar-refractivity contribution in [2.24, 2.45) is 0 Å². The molecule has 1 saturated heterocycles. The Hall–Kier alpha value is -0.940. The quantitative estimate of drug-likeness (QED) is 0.804. The van der Waals surface area contributed by atoms with Gasteiger partial charge in [0.25, 0.3) is 0 Å². The summed E-state index contributed by atoms with van der Waals surface area (Å²) in [5.74, 6) is 0.235. The summed E-state index contributed by atoms with van der Waals surface area (Å²) in [4.78, 5) is 4.49. The van der Waals surface area contributed by atoms with E-state index in [0.29, 0.717) is 13.1 Å². The van der Waals surface area contributed by atoms with Crippen molar-refractivity contribution in [3.05, 3.63) is 29.6 Å². The van der Waals surface area contributed by atoms with Gasteiger partial charge in [-0.25, -0.2) is 12.7 Å². The maximum absolute atomic E-state index is 11.5. The largest absolute Gasteiger partial charge is 0.258 e. The summed E-state index contributed by atoms with van der Waals surface area (Å²) in [5, 5.41) is 0. The lowest BCUT2D eigenvalue weighted by Crippen LogP contribution is -2.38. The van der Waals surface area contributed by atoms with E-state index in [1.54, 1.807) is 4.31 Å². The van der Waals surface area contributed by atoms with Gasteiger partial charge in [-0.2, -0.15) is 0 Å². The van der Waals surface area contributed by atoms with Crippen molar-refractivity contribution in [3.8, 4) is 0 Å². The van der Waals surface area contributed by atoms with E-state index in [1.165, 1.54) is 6.26 Å². The molecule has 0 bridgehead atoms. The third-order valence-corrected chi connectivity index (χ3v) is 4.45. The van der Waals surface area contributed by atoms with Gasteiger partial charge in [-0.1, -0.05) is 6.07 Å². The van der Waals surface area contributed by atoms with Crippen molar-refractivity contribution in [1.29, 1.82) is 0 Å². The average Bonchev–Trinajstić information content (AvgIpc) is 2.28. The Kier molecular flexibility index (Phi) is 3.49. The van der Waals surface area contributed by atoms with Gasteiger partial charge in [0.1, 0.15) is 0 Å². The number of piperidine rings is 1. The Bertz CT molecular complexity index is 499. The van der Waals surface area contributed by atoms with Crippen LogP contribution in [0.4, 0.5) is 0 Å². The highest BCUT2D eigenvalue weighted by atomic mass is 32.2. The number of rotatable bonds is 2. The van der Waals surface area contributed by atoms with Crippen LogP contribution in [0, 0.1) is 6.92 Å². The highest BCUT2D eigenvalue weighted by Crippen LogP contribution is 2.26. The molecule has 0 N–H and O–H groups in total. The van der Waals surface area contributed by atoms with E-state index in [2.05, 4.69) is 4.98 Å². The zero-order chi connectivity index (χ0) is 12.5. The normalized spacial score (nSPS) is 22.6. The first kappa shape index (κ1) is 12.5. The SMILES string of the molecule is Cc1cccc(C2CCCN(S(C)(=O)=O)C2)n1. The lowest BCUT2D eigenvalue weighted by molar-refractivity contribution is 0.314. The molecule has 0 spiro atoms. The second kappa shape index (κ2) is 4.74. The molecule has 0 aliphatic carbocycles. The Morgan fingerprint density at radius 1 is 1.41 bits per heavy atom. The van der Waals surface area contributed by atoms with Crippen LogP contribution in [-0.4, -0.2) is 37.1 Å². The van der Waals surface area contributed by atoms with E-state index in [9.17, 15) is 8.42 Å². The van der Waals surface area contributed by atoms with Gasteiger partial charge in [0, 0.05) is 30.4 Å². The average molecular weight is 254 g/mol. The monoisotopic (exact) mass is 254 g/mol. The summed E-state index contributed by atoms with van der Waals surface area (Å²) in [6.45, 7) is 3.16. The number of sulfonamides is 1. The number of nitrogens with zero attached hydrogens (tertiary/aromatic N) is 2. The first-order valence-electron chi connectivity index (χ1n) is 5.85. The molecule has 0 saturated carbocycles. The molecule has 5 heteroatoms. The number of hydrogen-bond acceptors (Lipinski definition) is 3. The third kappa shape index (κ3) is 3.04. The molecule has 0 radical (unpaired) electrons. The Balaban J connectivity index is 2.18. The summed E-state index contributed by atoms with van der Waals surface area (Å²) in [6, 6.07) is 5.93. The zero-order valence-electron chi connectivity index (χ0n) is 10.3. The zero-order valence-corrected chi connectivity index (χ0v) is 11.1.